The fourth-order valence-electron chi connectivity index (χ4n) is 2.44. The molecule has 0 saturated carbocycles. The van der Waals surface area contributed by atoms with E-state index in [0.717, 1.165) is 40.9 Å². The Morgan fingerprint density at radius 2 is 1.53 bits per heavy atom. The summed E-state index contributed by atoms with van der Waals surface area (Å²) in [5.74, 6) is 0.199. The lowest BCUT2D eigenvalue weighted by Crippen LogP contribution is -2.14. The summed E-state index contributed by atoms with van der Waals surface area (Å²) in [6, 6.07) is 2.11. The van der Waals surface area contributed by atoms with E-state index in [4.69, 9.17) is 0 Å². The van der Waals surface area contributed by atoms with E-state index in [1.165, 1.54) is 0 Å². The van der Waals surface area contributed by atoms with Crippen molar-refractivity contribution in [2.24, 2.45) is 0 Å². The number of carbonyl (C=O) groups is 2. The van der Waals surface area contributed by atoms with Gasteiger partial charge in [0, 0.05) is 31.5 Å². The summed E-state index contributed by atoms with van der Waals surface area (Å²) in [7, 11) is 0. The molecule has 102 valence electrons. The molecule has 1 amide bonds. The molecule has 0 bridgehead atoms. The van der Waals surface area contributed by atoms with Gasteiger partial charge in [-0.2, -0.15) is 0 Å². The van der Waals surface area contributed by atoms with Gasteiger partial charge in [0.1, 0.15) is 0 Å². The van der Waals surface area contributed by atoms with E-state index in [0.29, 0.717) is 12.8 Å². The maximum atomic E-state index is 12.4. The molecule has 0 aliphatic carbocycles. The average molecular weight is 259 g/mol. The van der Waals surface area contributed by atoms with Gasteiger partial charge in [-0.05, 0) is 49.9 Å². The number of aryl methyl sites for hydroxylation is 2. The third-order valence-electron chi connectivity index (χ3n) is 4.01. The van der Waals surface area contributed by atoms with Crippen molar-refractivity contribution in [3.05, 3.63) is 33.9 Å². The molecule has 1 fully saturated rings. The fraction of sp³-hybridized carbons (Fsp3) is 0.500. The van der Waals surface area contributed by atoms with Gasteiger partial charge in [0.2, 0.25) is 5.91 Å². The minimum Gasteiger partial charge on any atom is -0.339 e. The zero-order valence-corrected chi connectivity index (χ0v) is 12.2. The number of nitrogens with zero attached hydrogens (tertiary/aromatic N) is 1. The summed E-state index contributed by atoms with van der Waals surface area (Å²) < 4.78 is 0. The molecule has 1 heterocycles. The molecule has 1 aliphatic rings. The second-order valence-corrected chi connectivity index (χ2v) is 5.44. The van der Waals surface area contributed by atoms with Crippen molar-refractivity contribution in [1.82, 2.24) is 4.90 Å². The number of ketones is 1. The molecule has 1 saturated heterocycles. The van der Waals surface area contributed by atoms with Crippen LogP contribution >= 0.6 is 0 Å². The summed E-state index contributed by atoms with van der Waals surface area (Å²) in [6.45, 7) is 9.74. The Labute approximate surface area is 114 Å². The van der Waals surface area contributed by atoms with E-state index in [1.807, 2.05) is 27.7 Å². The molecule has 1 aliphatic heterocycles. The number of hydrogen-bond donors (Lipinski definition) is 0. The summed E-state index contributed by atoms with van der Waals surface area (Å²) in [5.41, 5.74) is 5.20. The van der Waals surface area contributed by atoms with Gasteiger partial charge in [0.15, 0.2) is 5.78 Å². The molecule has 0 spiro atoms. The highest BCUT2D eigenvalue weighted by atomic mass is 16.2. The zero-order valence-electron chi connectivity index (χ0n) is 12.2. The van der Waals surface area contributed by atoms with Crippen LogP contribution < -0.4 is 0 Å². The van der Waals surface area contributed by atoms with Gasteiger partial charge in [0.25, 0.3) is 0 Å². The minimum absolute atomic E-state index is 0.0944. The van der Waals surface area contributed by atoms with Crippen LogP contribution in [0.5, 0.6) is 0 Å². The summed E-state index contributed by atoms with van der Waals surface area (Å²) in [6.07, 6.45) is 0.657. The molecule has 2 rings (SSSR count). The summed E-state index contributed by atoms with van der Waals surface area (Å²) in [5, 5.41) is 0. The van der Waals surface area contributed by atoms with Crippen LogP contribution in [-0.2, 0) is 4.79 Å². The number of amides is 1. The van der Waals surface area contributed by atoms with Crippen molar-refractivity contribution < 1.29 is 9.59 Å². The highest BCUT2D eigenvalue weighted by molar-refractivity contribution is 6.01. The van der Waals surface area contributed by atoms with Crippen LogP contribution in [0.3, 0.4) is 0 Å². The van der Waals surface area contributed by atoms with Crippen molar-refractivity contribution >= 4 is 11.7 Å². The maximum Gasteiger partial charge on any atom is 0.223 e. The minimum atomic E-state index is 0.0944. The SMILES string of the molecule is Cc1cc(C)c(C)c(C(=O)CCC(=O)N2CC2)c1C. The first-order valence-corrected chi connectivity index (χ1v) is 6.80. The fourth-order valence-corrected chi connectivity index (χ4v) is 2.44. The first-order chi connectivity index (χ1) is 8.91. The van der Waals surface area contributed by atoms with E-state index in [9.17, 15) is 9.59 Å². The molecule has 0 N–H and O–H groups in total. The van der Waals surface area contributed by atoms with Gasteiger partial charge in [0.05, 0.1) is 0 Å². The van der Waals surface area contributed by atoms with E-state index in [2.05, 4.69) is 6.07 Å². The first-order valence-electron chi connectivity index (χ1n) is 6.80. The van der Waals surface area contributed by atoms with Gasteiger partial charge < -0.3 is 4.90 Å². The van der Waals surface area contributed by atoms with Crippen molar-refractivity contribution in [2.75, 3.05) is 13.1 Å². The number of rotatable bonds is 4. The van der Waals surface area contributed by atoms with E-state index in [-0.39, 0.29) is 11.7 Å². The van der Waals surface area contributed by atoms with Crippen molar-refractivity contribution in [3.8, 4) is 0 Å². The average Bonchev–Trinajstić information content (AvgIpc) is 3.18. The second-order valence-electron chi connectivity index (χ2n) is 5.44. The summed E-state index contributed by atoms with van der Waals surface area (Å²) >= 11 is 0. The van der Waals surface area contributed by atoms with Gasteiger partial charge in [-0.1, -0.05) is 6.07 Å². The van der Waals surface area contributed by atoms with Crippen molar-refractivity contribution in [1.29, 1.82) is 0 Å². The molecule has 0 unspecified atom stereocenters. The molecular weight excluding hydrogens is 238 g/mol. The zero-order chi connectivity index (χ0) is 14.2. The van der Waals surface area contributed by atoms with E-state index >= 15 is 0 Å². The van der Waals surface area contributed by atoms with Gasteiger partial charge in [-0.25, -0.2) is 0 Å². The predicted octanol–water partition coefficient (Wildman–Crippen LogP) is 2.73. The van der Waals surface area contributed by atoms with Crippen LogP contribution in [0.1, 0.15) is 45.5 Å². The van der Waals surface area contributed by atoms with Gasteiger partial charge >= 0.3 is 0 Å². The number of hydrogen-bond acceptors (Lipinski definition) is 2. The molecule has 0 aromatic heterocycles. The lowest BCUT2D eigenvalue weighted by molar-refractivity contribution is -0.125. The molecule has 19 heavy (non-hydrogen) atoms. The highest BCUT2D eigenvalue weighted by Gasteiger charge is 2.25. The summed E-state index contributed by atoms with van der Waals surface area (Å²) in [4.78, 5) is 25.8. The lowest BCUT2D eigenvalue weighted by Gasteiger charge is -2.14. The number of carbonyl (C=O) groups excluding carboxylic acids is 2. The standard InChI is InChI=1S/C16H21NO2/c1-10-9-11(2)13(4)16(12(10)3)14(18)5-6-15(19)17-7-8-17/h9H,5-8H2,1-4H3. The molecular formula is C16H21NO2. The molecule has 3 heteroatoms. The molecule has 3 nitrogen and oxygen atoms in total. The Hall–Kier alpha value is -1.64. The molecule has 1 aromatic carbocycles. The number of Topliss-reactive ketones (excluding diaryl/α,β-unsaturated/α-hetero) is 1. The molecule has 0 atom stereocenters. The maximum absolute atomic E-state index is 12.4. The Morgan fingerprint density at radius 1 is 1.00 bits per heavy atom. The van der Waals surface area contributed by atoms with Crippen LogP contribution in [0.2, 0.25) is 0 Å². The quantitative estimate of drug-likeness (QED) is 0.616. The molecule has 1 aromatic rings. The van der Waals surface area contributed by atoms with Crippen LogP contribution in [0.25, 0.3) is 0 Å². The highest BCUT2D eigenvalue weighted by Crippen LogP contribution is 2.23. The van der Waals surface area contributed by atoms with Crippen LogP contribution in [0, 0.1) is 27.7 Å². The topological polar surface area (TPSA) is 37.1 Å². The monoisotopic (exact) mass is 259 g/mol. The number of benzene rings is 1. The second kappa shape index (κ2) is 5.16. The Balaban J connectivity index is 2.16. The Kier molecular flexibility index (Phi) is 3.74. The van der Waals surface area contributed by atoms with Crippen LogP contribution in [0.15, 0.2) is 6.07 Å². The third-order valence-corrected chi connectivity index (χ3v) is 4.01. The Morgan fingerprint density at radius 3 is 2.00 bits per heavy atom. The molecule has 0 radical (unpaired) electrons. The van der Waals surface area contributed by atoms with E-state index in [1.54, 1.807) is 4.90 Å². The van der Waals surface area contributed by atoms with Gasteiger partial charge in [-0.3, -0.25) is 9.59 Å². The van der Waals surface area contributed by atoms with Crippen LogP contribution in [-0.4, -0.2) is 29.7 Å². The normalized spacial score (nSPS) is 13.6. The third kappa shape index (κ3) is 2.86. The first kappa shape index (κ1) is 13.8. The Bertz CT molecular complexity index is 516. The largest absolute Gasteiger partial charge is 0.339 e. The van der Waals surface area contributed by atoms with Crippen molar-refractivity contribution in [3.63, 3.8) is 0 Å². The van der Waals surface area contributed by atoms with E-state index < -0.39 is 0 Å². The lowest BCUT2D eigenvalue weighted by atomic mass is 9.90. The van der Waals surface area contributed by atoms with Crippen molar-refractivity contribution in [2.45, 2.75) is 40.5 Å². The van der Waals surface area contributed by atoms with Gasteiger partial charge in [-0.15, -0.1) is 0 Å². The smallest absolute Gasteiger partial charge is 0.223 e. The van der Waals surface area contributed by atoms with Crippen LogP contribution in [0.4, 0.5) is 0 Å². The predicted molar refractivity (Wildman–Crippen MR) is 75.5 cm³/mol.